The van der Waals surface area contributed by atoms with E-state index in [1.54, 1.807) is 0 Å². The highest BCUT2D eigenvalue weighted by molar-refractivity contribution is 7.80. The third-order valence-electron chi connectivity index (χ3n) is 4.35. The number of benzene rings is 1. The molecule has 0 aliphatic heterocycles. The normalized spacial score (nSPS) is 11.7. The van der Waals surface area contributed by atoms with Gasteiger partial charge in [0.25, 0.3) is 0 Å². The van der Waals surface area contributed by atoms with Crippen molar-refractivity contribution < 1.29 is 9.53 Å². The Morgan fingerprint density at radius 1 is 1.24 bits per heavy atom. The van der Waals surface area contributed by atoms with E-state index in [4.69, 9.17) is 17.0 Å². The minimum Gasteiger partial charge on any atom is -0.465 e. The molecule has 134 valence electrons. The maximum atomic E-state index is 12.0. The van der Waals surface area contributed by atoms with E-state index in [1.165, 1.54) is 24.0 Å². The van der Waals surface area contributed by atoms with Gasteiger partial charge in [-0.15, -0.1) is 11.3 Å². The minimum atomic E-state index is -0.356. The number of hydrogen-bond donors (Lipinski definition) is 2. The van der Waals surface area contributed by atoms with Crippen LogP contribution in [0.2, 0.25) is 0 Å². The number of carbonyl (C=O) groups is 1. The van der Waals surface area contributed by atoms with E-state index in [1.807, 2.05) is 26.0 Å². The zero-order valence-corrected chi connectivity index (χ0v) is 16.9. The number of carbonyl (C=O) groups excluding carboxylic acids is 1. The average Bonchev–Trinajstić information content (AvgIpc) is 2.87. The van der Waals surface area contributed by atoms with Gasteiger partial charge in [0.15, 0.2) is 5.11 Å². The van der Waals surface area contributed by atoms with Crippen molar-refractivity contribution in [2.75, 3.05) is 17.7 Å². The van der Waals surface area contributed by atoms with E-state index in [2.05, 4.69) is 36.6 Å². The molecule has 2 aromatic rings. The summed E-state index contributed by atoms with van der Waals surface area (Å²) in [4.78, 5) is 13.1. The van der Waals surface area contributed by atoms with Gasteiger partial charge >= 0.3 is 5.97 Å². The summed E-state index contributed by atoms with van der Waals surface area (Å²) in [5.41, 5.74) is 3.68. The number of hydrogen-bond acceptors (Lipinski definition) is 4. The number of nitrogens with one attached hydrogen (secondary N) is 2. The molecule has 6 heteroatoms. The molecule has 1 atom stereocenters. The zero-order chi connectivity index (χ0) is 18.6. The van der Waals surface area contributed by atoms with Crippen molar-refractivity contribution in [1.29, 1.82) is 0 Å². The zero-order valence-electron chi connectivity index (χ0n) is 15.2. The minimum absolute atomic E-state index is 0.356. The third-order valence-corrected chi connectivity index (χ3v) is 5.68. The first-order valence-corrected chi connectivity index (χ1v) is 9.46. The number of methoxy groups -OCH3 is 1. The molecule has 25 heavy (non-hydrogen) atoms. The molecule has 1 aromatic carbocycles. The van der Waals surface area contributed by atoms with Crippen LogP contribution in [0.15, 0.2) is 24.3 Å². The predicted molar refractivity (Wildman–Crippen MR) is 110 cm³/mol. The van der Waals surface area contributed by atoms with E-state index in [-0.39, 0.29) is 5.97 Å². The molecule has 0 saturated heterocycles. The number of aryl methyl sites for hydroxylation is 1. The number of esters is 1. The van der Waals surface area contributed by atoms with Crippen LogP contribution in [0.5, 0.6) is 0 Å². The average molecular weight is 377 g/mol. The van der Waals surface area contributed by atoms with Gasteiger partial charge in [0.1, 0.15) is 5.00 Å². The number of ether oxygens (including phenoxy) is 1. The summed E-state index contributed by atoms with van der Waals surface area (Å²) < 4.78 is 4.88. The SMILES string of the molecule is CC[C@@H](C)c1ccc(NC(=S)Nc2sc(C)c(C)c2C(=O)OC)cc1. The molecule has 0 spiro atoms. The summed E-state index contributed by atoms with van der Waals surface area (Å²) in [6.07, 6.45) is 1.11. The van der Waals surface area contributed by atoms with E-state index in [0.29, 0.717) is 21.6 Å². The second kappa shape index (κ2) is 8.45. The molecule has 0 aliphatic carbocycles. The molecule has 0 amide bonds. The van der Waals surface area contributed by atoms with Crippen LogP contribution in [0.1, 0.15) is 52.5 Å². The van der Waals surface area contributed by atoms with Crippen molar-refractivity contribution >= 4 is 45.3 Å². The Kier molecular flexibility index (Phi) is 6.56. The highest BCUT2D eigenvalue weighted by Crippen LogP contribution is 2.33. The lowest BCUT2D eigenvalue weighted by molar-refractivity contribution is 0.0601. The maximum absolute atomic E-state index is 12.0. The van der Waals surface area contributed by atoms with Gasteiger partial charge in [-0.1, -0.05) is 26.0 Å². The Morgan fingerprint density at radius 2 is 1.88 bits per heavy atom. The lowest BCUT2D eigenvalue weighted by atomic mass is 9.99. The molecular weight excluding hydrogens is 352 g/mol. The van der Waals surface area contributed by atoms with Crippen LogP contribution in [0.3, 0.4) is 0 Å². The van der Waals surface area contributed by atoms with Crippen molar-refractivity contribution in [1.82, 2.24) is 0 Å². The third kappa shape index (κ3) is 4.58. The highest BCUT2D eigenvalue weighted by Gasteiger charge is 2.20. The Labute approximate surface area is 158 Å². The van der Waals surface area contributed by atoms with Gasteiger partial charge in [0.2, 0.25) is 0 Å². The second-order valence-corrected chi connectivity index (χ2v) is 7.62. The van der Waals surface area contributed by atoms with Crippen LogP contribution >= 0.6 is 23.6 Å². The lowest BCUT2D eigenvalue weighted by Crippen LogP contribution is -2.20. The first kappa shape index (κ1) is 19.4. The van der Waals surface area contributed by atoms with Crippen LogP contribution in [0, 0.1) is 13.8 Å². The molecule has 0 aliphatic rings. The molecule has 0 bridgehead atoms. The second-order valence-electron chi connectivity index (χ2n) is 5.99. The van der Waals surface area contributed by atoms with Crippen molar-refractivity contribution in [2.24, 2.45) is 0 Å². The number of rotatable bonds is 5. The quantitative estimate of drug-likeness (QED) is 0.535. The van der Waals surface area contributed by atoms with Crippen molar-refractivity contribution in [3.05, 3.63) is 45.8 Å². The topological polar surface area (TPSA) is 50.4 Å². The predicted octanol–water partition coefficient (Wildman–Crippen LogP) is 5.47. The molecular formula is C19H24N2O2S2. The smallest absolute Gasteiger partial charge is 0.341 e. The number of thiophene rings is 1. The first-order chi connectivity index (χ1) is 11.9. The van der Waals surface area contributed by atoms with Crippen molar-refractivity contribution in [3.63, 3.8) is 0 Å². The Balaban J connectivity index is 2.10. The fraction of sp³-hybridized carbons (Fsp3) is 0.368. The summed E-state index contributed by atoms with van der Waals surface area (Å²) in [6.45, 7) is 8.28. The van der Waals surface area contributed by atoms with E-state index in [9.17, 15) is 4.79 Å². The molecule has 2 rings (SSSR count). The summed E-state index contributed by atoms with van der Waals surface area (Å²) in [6, 6.07) is 8.25. The maximum Gasteiger partial charge on any atom is 0.341 e. The Hall–Kier alpha value is -1.92. The van der Waals surface area contributed by atoms with Gasteiger partial charge in [-0.3, -0.25) is 0 Å². The molecule has 0 unspecified atom stereocenters. The Bertz CT molecular complexity index is 766. The van der Waals surface area contributed by atoms with Crippen LogP contribution in [-0.4, -0.2) is 18.2 Å². The van der Waals surface area contributed by atoms with Gasteiger partial charge in [-0.2, -0.15) is 0 Å². The number of anilines is 2. The fourth-order valence-electron chi connectivity index (χ4n) is 2.46. The molecule has 2 N–H and O–H groups in total. The van der Waals surface area contributed by atoms with E-state index in [0.717, 1.165) is 22.5 Å². The van der Waals surface area contributed by atoms with Gasteiger partial charge < -0.3 is 15.4 Å². The molecule has 1 aromatic heterocycles. The molecule has 0 radical (unpaired) electrons. The van der Waals surface area contributed by atoms with Gasteiger partial charge in [0.05, 0.1) is 12.7 Å². The van der Waals surface area contributed by atoms with Crippen molar-refractivity contribution in [2.45, 2.75) is 40.0 Å². The van der Waals surface area contributed by atoms with E-state index >= 15 is 0 Å². The van der Waals surface area contributed by atoms with Gasteiger partial charge in [-0.25, -0.2) is 4.79 Å². The summed E-state index contributed by atoms with van der Waals surface area (Å²) in [5, 5.41) is 7.44. The molecule has 0 saturated carbocycles. The van der Waals surface area contributed by atoms with Crippen LogP contribution < -0.4 is 10.6 Å². The Morgan fingerprint density at radius 3 is 2.44 bits per heavy atom. The van der Waals surface area contributed by atoms with E-state index < -0.39 is 0 Å². The lowest BCUT2D eigenvalue weighted by Gasteiger charge is -2.13. The highest BCUT2D eigenvalue weighted by atomic mass is 32.1. The van der Waals surface area contributed by atoms with Crippen LogP contribution in [0.4, 0.5) is 10.7 Å². The van der Waals surface area contributed by atoms with Crippen LogP contribution in [0.25, 0.3) is 0 Å². The number of thiocarbonyl (C=S) groups is 1. The van der Waals surface area contributed by atoms with Crippen LogP contribution in [-0.2, 0) is 4.74 Å². The van der Waals surface area contributed by atoms with Gasteiger partial charge in [-0.05, 0) is 61.7 Å². The molecule has 1 heterocycles. The fourth-order valence-corrected chi connectivity index (χ4v) is 3.80. The van der Waals surface area contributed by atoms with Gasteiger partial charge in [0, 0.05) is 10.6 Å². The summed E-state index contributed by atoms with van der Waals surface area (Å²) in [7, 11) is 1.38. The monoisotopic (exact) mass is 376 g/mol. The summed E-state index contributed by atoms with van der Waals surface area (Å²) >= 11 is 6.89. The van der Waals surface area contributed by atoms with Crippen molar-refractivity contribution in [3.8, 4) is 0 Å². The summed E-state index contributed by atoms with van der Waals surface area (Å²) in [5.74, 6) is 0.184. The standard InChI is InChI=1S/C19H24N2O2S2/c1-6-11(2)14-7-9-15(10-8-14)20-19(24)21-17-16(18(22)23-5)12(3)13(4)25-17/h7-11H,6H2,1-5H3,(H2,20,21,24)/t11-/m1/s1. The molecule has 0 fully saturated rings. The molecule has 4 nitrogen and oxygen atoms in total. The first-order valence-electron chi connectivity index (χ1n) is 8.23. The largest absolute Gasteiger partial charge is 0.465 e.